The lowest BCUT2D eigenvalue weighted by Gasteiger charge is -2.06. The van der Waals surface area contributed by atoms with E-state index in [4.69, 9.17) is 0 Å². The molecule has 0 aliphatic heterocycles. The Labute approximate surface area is 92.7 Å². The number of phenolic OH excluding ortho intramolecular Hbond substituents is 2. The molecule has 1 amide bonds. The summed E-state index contributed by atoms with van der Waals surface area (Å²) in [5.41, 5.74) is -0.0106. The number of carbonyl (C=O) groups is 2. The summed E-state index contributed by atoms with van der Waals surface area (Å²) in [5, 5.41) is 21.0. The van der Waals surface area contributed by atoms with Crippen LogP contribution >= 0.6 is 0 Å². The van der Waals surface area contributed by atoms with E-state index < -0.39 is 11.7 Å². The zero-order chi connectivity index (χ0) is 12.1. The number of phenols is 2. The van der Waals surface area contributed by atoms with Gasteiger partial charge in [0, 0.05) is 13.0 Å². The molecule has 0 saturated carbocycles. The minimum Gasteiger partial charge on any atom is -0.504 e. The molecule has 0 saturated heterocycles. The minimum atomic E-state index is -0.519. The third-order valence-corrected chi connectivity index (χ3v) is 2.02. The second-order valence-electron chi connectivity index (χ2n) is 3.38. The number of aromatic hydroxyl groups is 2. The number of hydrogen-bond donors (Lipinski definition) is 3. The predicted octanol–water partition coefficient (Wildman–Crippen LogP) is 0.807. The molecule has 0 fully saturated rings. The lowest BCUT2D eigenvalue weighted by Crippen LogP contribution is -2.25. The molecule has 0 aromatic heterocycles. The van der Waals surface area contributed by atoms with Crippen LogP contribution < -0.4 is 5.32 Å². The summed E-state index contributed by atoms with van der Waals surface area (Å²) in [4.78, 5) is 22.1. The molecule has 3 N–H and O–H groups in total. The van der Waals surface area contributed by atoms with E-state index in [2.05, 4.69) is 5.32 Å². The monoisotopic (exact) mass is 223 g/mol. The Bertz CT molecular complexity index is 414. The SMILES string of the molecule is CC(=O)CCNC(=O)c1cccc(O)c1O. The molecule has 0 bridgehead atoms. The molecule has 0 unspecified atom stereocenters. The van der Waals surface area contributed by atoms with Gasteiger partial charge in [0.25, 0.3) is 5.91 Å². The fourth-order valence-corrected chi connectivity index (χ4v) is 1.16. The summed E-state index contributed by atoms with van der Waals surface area (Å²) in [5.74, 6) is -1.35. The van der Waals surface area contributed by atoms with Crippen molar-refractivity contribution < 1.29 is 19.8 Å². The van der Waals surface area contributed by atoms with Crippen molar-refractivity contribution in [1.82, 2.24) is 5.32 Å². The number of carbonyl (C=O) groups excluding carboxylic acids is 2. The molecule has 0 heterocycles. The maximum atomic E-state index is 11.5. The number of benzene rings is 1. The topological polar surface area (TPSA) is 86.6 Å². The first-order valence-electron chi connectivity index (χ1n) is 4.81. The maximum Gasteiger partial charge on any atom is 0.255 e. The highest BCUT2D eigenvalue weighted by Gasteiger charge is 2.13. The highest BCUT2D eigenvalue weighted by atomic mass is 16.3. The normalized spacial score (nSPS) is 9.81. The van der Waals surface area contributed by atoms with Gasteiger partial charge < -0.3 is 15.5 Å². The van der Waals surface area contributed by atoms with Crippen molar-refractivity contribution in [2.45, 2.75) is 13.3 Å². The predicted molar refractivity (Wildman–Crippen MR) is 57.4 cm³/mol. The molecule has 0 atom stereocenters. The van der Waals surface area contributed by atoms with Gasteiger partial charge in [-0.1, -0.05) is 6.07 Å². The van der Waals surface area contributed by atoms with E-state index in [1.807, 2.05) is 0 Å². The van der Waals surface area contributed by atoms with Crippen LogP contribution in [0.4, 0.5) is 0 Å². The average Bonchev–Trinajstić information content (AvgIpc) is 2.21. The molecule has 16 heavy (non-hydrogen) atoms. The van der Waals surface area contributed by atoms with Crippen molar-refractivity contribution in [1.29, 1.82) is 0 Å². The number of amides is 1. The molecule has 0 aliphatic carbocycles. The number of nitrogens with one attached hydrogen (secondary N) is 1. The first kappa shape index (κ1) is 12.0. The Morgan fingerprint density at radius 1 is 1.31 bits per heavy atom. The van der Waals surface area contributed by atoms with Crippen LogP contribution in [0.1, 0.15) is 23.7 Å². The third kappa shape index (κ3) is 2.98. The standard InChI is InChI=1S/C11H13NO4/c1-7(13)5-6-12-11(16)8-3-2-4-9(14)10(8)15/h2-4,14-15H,5-6H2,1H3,(H,12,16). The van der Waals surface area contributed by atoms with E-state index >= 15 is 0 Å². The fraction of sp³-hybridized carbons (Fsp3) is 0.273. The minimum absolute atomic E-state index is 0.0106. The first-order valence-corrected chi connectivity index (χ1v) is 4.81. The van der Waals surface area contributed by atoms with Gasteiger partial charge in [-0.2, -0.15) is 0 Å². The largest absolute Gasteiger partial charge is 0.504 e. The Kier molecular flexibility index (Phi) is 3.88. The Morgan fingerprint density at radius 3 is 2.62 bits per heavy atom. The molecule has 0 aliphatic rings. The highest BCUT2D eigenvalue weighted by Crippen LogP contribution is 2.27. The van der Waals surface area contributed by atoms with Gasteiger partial charge >= 0.3 is 0 Å². The third-order valence-electron chi connectivity index (χ3n) is 2.02. The lowest BCUT2D eigenvalue weighted by molar-refractivity contribution is -0.116. The number of para-hydroxylation sites is 1. The number of rotatable bonds is 4. The molecule has 1 rings (SSSR count). The van der Waals surface area contributed by atoms with Crippen LogP contribution in [0.25, 0.3) is 0 Å². The van der Waals surface area contributed by atoms with Crippen molar-refractivity contribution >= 4 is 11.7 Å². The molecule has 0 spiro atoms. The number of ketones is 1. The number of Topliss-reactive ketones (excluding diaryl/α,β-unsaturated/α-hetero) is 1. The summed E-state index contributed by atoms with van der Waals surface area (Å²) in [6, 6.07) is 4.12. The zero-order valence-corrected chi connectivity index (χ0v) is 8.86. The lowest BCUT2D eigenvalue weighted by atomic mass is 10.1. The van der Waals surface area contributed by atoms with Gasteiger partial charge in [0.05, 0.1) is 5.56 Å². The van der Waals surface area contributed by atoms with Crippen LogP contribution in [0.2, 0.25) is 0 Å². The van der Waals surface area contributed by atoms with Crippen molar-refractivity contribution in [2.75, 3.05) is 6.54 Å². The second-order valence-corrected chi connectivity index (χ2v) is 3.38. The molecule has 5 heteroatoms. The summed E-state index contributed by atoms with van der Waals surface area (Å²) < 4.78 is 0. The Morgan fingerprint density at radius 2 is 2.00 bits per heavy atom. The van der Waals surface area contributed by atoms with E-state index in [1.54, 1.807) is 0 Å². The molecule has 86 valence electrons. The van der Waals surface area contributed by atoms with E-state index in [0.29, 0.717) is 0 Å². The smallest absolute Gasteiger partial charge is 0.255 e. The fourth-order valence-electron chi connectivity index (χ4n) is 1.16. The zero-order valence-electron chi connectivity index (χ0n) is 8.86. The van der Waals surface area contributed by atoms with Crippen LogP contribution in [0.5, 0.6) is 11.5 Å². The van der Waals surface area contributed by atoms with Gasteiger partial charge in [-0.05, 0) is 19.1 Å². The number of hydrogen-bond acceptors (Lipinski definition) is 4. The van der Waals surface area contributed by atoms with Crippen LogP contribution in [0.3, 0.4) is 0 Å². The van der Waals surface area contributed by atoms with Gasteiger partial charge in [0.15, 0.2) is 11.5 Å². The van der Waals surface area contributed by atoms with Gasteiger partial charge in [-0.25, -0.2) is 0 Å². The molecule has 1 aromatic rings. The van der Waals surface area contributed by atoms with Gasteiger partial charge in [-0.15, -0.1) is 0 Å². The van der Waals surface area contributed by atoms with E-state index in [-0.39, 0.29) is 30.1 Å². The van der Waals surface area contributed by atoms with E-state index in [0.717, 1.165) is 0 Å². The second kappa shape index (κ2) is 5.16. The molecule has 5 nitrogen and oxygen atoms in total. The summed E-state index contributed by atoms with van der Waals surface area (Å²) in [6.45, 7) is 1.64. The van der Waals surface area contributed by atoms with Crippen molar-refractivity contribution in [3.63, 3.8) is 0 Å². The van der Waals surface area contributed by atoms with Crippen LogP contribution in [-0.4, -0.2) is 28.4 Å². The Balaban J connectivity index is 2.66. The summed E-state index contributed by atoms with van der Waals surface area (Å²) >= 11 is 0. The van der Waals surface area contributed by atoms with Crippen LogP contribution in [0, 0.1) is 0 Å². The first-order chi connectivity index (χ1) is 7.52. The summed E-state index contributed by atoms with van der Waals surface area (Å²) in [6.07, 6.45) is 0.241. The quantitative estimate of drug-likeness (QED) is 0.659. The van der Waals surface area contributed by atoms with Gasteiger partial charge in [-0.3, -0.25) is 9.59 Å². The van der Waals surface area contributed by atoms with Crippen LogP contribution in [0.15, 0.2) is 18.2 Å². The Hall–Kier alpha value is -2.04. The molecule has 0 radical (unpaired) electrons. The molecular formula is C11H13NO4. The van der Waals surface area contributed by atoms with Gasteiger partial charge in [0.1, 0.15) is 5.78 Å². The van der Waals surface area contributed by atoms with Crippen molar-refractivity contribution in [3.8, 4) is 11.5 Å². The van der Waals surface area contributed by atoms with Crippen molar-refractivity contribution in [2.24, 2.45) is 0 Å². The van der Waals surface area contributed by atoms with Gasteiger partial charge in [0.2, 0.25) is 0 Å². The maximum absolute atomic E-state index is 11.5. The van der Waals surface area contributed by atoms with Crippen molar-refractivity contribution in [3.05, 3.63) is 23.8 Å². The summed E-state index contributed by atoms with van der Waals surface area (Å²) in [7, 11) is 0. The van der Waals surface area contributed by atoms with E-state index in [1.165, 1.54) is 25.1 Å². The van der Waals surface area contributed by atoms with Crippen LogP contribution in [-0.2, 0) is 4.79 Å². The molecule has 1 aromatic carbocycles. The highest BCUT2D eigenvalue weighted by molar-refractivity contribution is 5.97. The molecular weight excluding hydrogens is 210 g/mol. The average molecular weight is 223 g/mol. The van der Waals surface area contributed by atoms with E-state index in [9.17, 15) is 19.8 Å².